The third-order valence-electron chi connectivity index (χ3n) is 3.04. The molecule has 3 nitrogen and oxygen atoms in total. The van der Waals surface area contributed by atoms with Crippen molar-refractivity contribution < 1.29 is 8.42 Å². The van der Waals surface area contributed by atoms with Gasteiger partial charge in [0.2, 0.25) is 10.0 Å². The molecular weight excluding hydrogens is 198 g/mol. The molecule has 4 heteroatoms. The van der Waals surface area contributed by atoms with Gasteiger partial charge in [0.25, 0.3) is 0 Å². The summed E-state index contributed by atoms with van der Waals surface area (Å²) in [5.74, 6) is 1.35. The van der Waals surface area contributed by atoms with E-state index >= 15 is 0 Å². The van der Waals surface area contributed by atoms with Crippen LogP contribution < -0.4 is 4.72 Å². The Bertz CT molecular complexity index is 272. The molecule has 0 bridgehead atoms. The Balaban J connectivity index is 2.48. The molecule has 0 unspecified atom stereocenters. The molecule has 0 aromatic rings. The zero-order valence-corrected chi connectivity index (χ0v) is 10.1. The van der Waals surface area contributed by atoms with E-state index in [9.17, 15) is 8.42 Å². The van der Waals surface area contributed by atoms with E-state index in [1.807, 2.05) is 0 Å². The number of sulfonamides is 1. The predicted molar refractivity (Wildman–Crippen MR) is 58.6 cm³/mol. The molecule has 0 heterocycles. The maximum atomic E-state index is 11.1. The molecule has 0 aromatic heterocycles. The topological polar surface area (TPSA) is 46.2 Å². The molecule has 0 aromatic carbocycles. The lowest BCUT2D eigenvalue weighted by molar-refractivity contribution is 0.246. The molecule has 0 aliphatic heterocycles. The summed E-state index contributed by atoms with van der Waals surface area (Å²) in [6.45, 7) is 4.43. The van der Waals surface area contributed by atoms with Gasteiger partial charge in [-0.3, -0.25) is 0 Å². The van der Waals surface area contributed by atoms with Crippen molar-refractivity contribution in [3.8, 4) is 0 Å². The maximum Gasteiger partial charge on any atom is 0.208 e. The average molecular weight is 219 g/mol. The third-order valence-corrected chi connectivity index (χ3v) is 3.80. The van der Waals surface area contributed by atoms with Crippen LogP contribution in [0.3, 0.4) is 0 Å². The Morgan fingerprint density at radius 3 is 2.43 bits per heavy atom. The highest BCUT2D eigenvalue weighted by atomic mass is 32.2. The molecule has 1 saturated carbocycles. The Labute approximate surface area is 87.3 Å². The van der Waals surface area contributed by atoms with Crippen LogP contribution in [0.1, 0.15) is 39.5 Å². The molecule has 1 rings (SSSR count). The first-order valence-electron chi connectivity index (χ1n) is 5.36. The molecule has 1 fully saturated rings. The monoisotopic (exact) mass is 219 g/mol. The summed E-state index contributed by atoms with van der Waals surface area (Å²) in [5.41, 5.74) is 0. The zero-order chi connectivity index (χ0) is 10.8. The Morgan fingerprint density at radius 2 is 1.93 bits per heavy atom. The summed E-state index contributed by atoms with van der Waals surface area (Å²) in [5, 5.41) is 0. The highest BCUT2D eigenvalue weighted by molar-refractivity contribution is 7.88. The summed E-state index contributed by atoms with van der Waals surface area (Å²) in [6.07, 6.45) is 5.64. The quantitative estimate of drug-likeness (QED) is 0.786. The minimum atomic E-state index is -3.02. The van der Waals surface area contributed by atoms with Crippen LogP contribution in [-0.4, -0.2) is 20.7 Å². The lowest BCUT2D eigenvalue weighted by Gasteiger charge is -2.31. The van der Waals surface area contributed by atoms with Gasteiger partial charge >= 0.3 is 0 Å². The highest BCUT2D eigenvalue weighted by Gasteiger charge is 2.25. The Kier molecular flexibility index (Phi) is 3.95. The van der Waals surface area contributed by atoms with Gasteiger partial charge in [-0.05, 0) is 24.7 Å². The molecule has 0 spiro atoms. The summed E-state index contributed by atoms with van der Waals surface area (Å²) >= 11 is 0. The van der Waals surface area contributed by atoms with Gasteiger partial charge in [0.05, 0.1) is 6.26 Å². The standard InChI is InChI=1S/C10H21NO2S/c1-8(2)9-5-4-6-10(7-9)11-14(3,12)13/h8-11H,4-7H2,1-3H3/t9-,10-/m0/s1. The van der Waals surface area contributed by atoms with Crippen LogP contribution in [0.15, 0.2) is 0 Å². The predicted octanol–water partition coefficient (Wildman–Crippen LogP) is 1.75. The van der Waals surface area contributed by atoms with Crippen molar-refractivity contribution in [2.45, 2.75) is 45.6 Å². The van der Waals surface area contributed by atoms with Gasteiger partial charge in [-0.25, -0.2) is 13.1 Å². The Hall–Kier alpha value is -0.0900. The van der Waals surface area contributed by atoms with Crippen molar-refractivity contribution in [3.05, 3.63) is 0 Å². The molecule has 1 aliphatic rings. The van der Waals surface area contributed by atoms with Crippen LogP contribution in [0.4, 0.5) is 0 Å². The lowest BCUT2D eigenvalue weighted by atomic mass is 9.80. The van der Waals surface area contributed by atoms with E-state index in [-0.39, 0.29) is 6.04 Å². The third kappa shape index (κ3) is 3.96. The minimum absolute atomic E-state index is 0.172. The number of hydrogen-bond acceptors (Lipinski definition) is 2. The van der Waals surface area contributed by atoms with Crippen molar-refractivity contribution in [1.29, 1.82) is 0 Å². The van der Waals surface area contributed by atoms with Crippen molar-refractivity contribution in [1.82, 2.24) is 4.72 Å². The maximum absolute atomic E-state index is 11.1. The molecular formula is C10H21NO2S. The second kappa shape index (κ2) is 4.62. The molecule has 0 saturated heterocycles. The molecule has 1 N–H and O–H groups in total. The van der Waals surface area contributed by atoms with Crippen LogP contribution >= 0.6 is 0 Å². The van der Waals surface area contributed by atoms with Crippen LogP contribution in [-0.2, 0) is 10.0 Å². The van der Waals surface area contributed by atoms with Crippen LogP contribution in [0, 0.1) is 11.8 Å². The van der Waals surface area contributed by atoms with Gasteiger partial charge in [-0.2, -0.15) is 0 Å². The summed E-state index contributed by atoms with van der Waals surface area (Å²) in [4.78, 5) is 0. The second-order valence-corrected chi connectivity index (χ2v) is 6.54. The summed E-state index contributed by atoms with van der Waals surface area (Å²) in [7, 11) is -3.02. The first-order chi connectivity index (χ1) is 6.38. The second-order valence-electron chi connectivity index (χ2n) is 4.76. The van der Waals surface area contributed by atoms with Gasteiger partial charge in [0.15, 0.2) is 0 Å². The molecule has 0 amide bonds. The lowest BCUT2D eigenvalue weighted by Crippen LogP contribution is -2.38. The highest BCUT2D eigenvalue weighted by Crippen LogP contribution is 2.29. The smallest absolute Gasteiger partial charge is 0.208 e. The van der Waals surface area contributed by atoms with Gasteiger partial charge in [-0.1, -0.05) is 26.7 Å². The largest absolute Gasteiger partial charge is 0.213 e. The number of hydrogen-bond donors (Lipinski definition) is 1. The summed E-state index contributed by atoms with van der Waals surface area (Å²) in [6, 6.07) is 0.172. The van der Waals surface area contributed by atoms with E-state index in [4.69, 9.17) is 0 Å². The van der Waals surface area contributed by atoms with E-state index in [0.717, 1.165) is 19.3 Å². The molecule has 1 aliphatic carbocycles. The fourth-order valence-electron chi connectivity index (χ4n) is 2.24. The van der Waals surface area contributed by atoms with Crippen molar-refractivity contribution in [2.24, 2.45) is 11.8 Å². The fraction of sp³-hybridized carbons (Fsp3) is 1.00. The minimum Gasteiger partial charge on any atom is -0.213 e. The average Bonchev–Trinajstić information content (AvgIpc) is 2.01. The van der Waals surface area contributed by atoms with E-state index in [2.05, 4.69) is 18.6 Å². The van der Waals surface area contributed by atoms with Crippen LogP contribution in [0.2, 0.25) is 0 Å². The van der Waals surface area contributed by atoms with E-state index in [0.29, 0.717) is 11.8 Å². The van der Waals surface area contributed by atoms with Gasteiger partial charge in [0, 0.05) is 6.04 Å². The summed E-state index contributed by atoms with van der Waals surface area (Å²) < 4.78 is 24.8. The van der Waals surface area contributed by atoms with Crippen LogP contribution in [0.25, 0.3) is 0 Å². The van der Waals surface area contributed by atoms with E-state index < -0.39 is 10.0 Å². The van der Waals surface area contributed by atoms with E-state index in [1.54, 1.807) is 0 Å². The molecule has 84 valence electrons. The number of rotatable bonds is 3. The first-order valence-corrected chi connectivity index (χ1v) is 7.25. The molecule has 2 atom stereocenters. The zero-order valence-electron chi connectivity index (χ0n) is 9.29. The SMILES string of the molecule is CC(C)[C@H]1CCC[C@H](NS(C)(=O)=O)C1. The normalized spacial score (nSPS) is 29.4. The van der Waals surface area contributed by atoms with Gasteiger partial charge < -0.3 is 0 Å². The van der Waals surface area contributed by atoms with Crippen LogP contribution in [0.5, 0.6) is 0 Å². The molecule has 14 heavy (non-hydrogen) atoms. The van der Waals surface area contributed by atoms with Crippen molar-refractivity contribution in [2.75, 3.05) is 6.26 Å². The van der Waals surface area contributed by atoms with Crippen molar-refractivity contribution in [3.63, 3.8) is 0 Å². The first kappa shape index (κ1) is 12.0. The Morgan fingerprint density at radius 1 is 1.29 bits per heavy atom. The number of nitrogens with one attached hydrogen (secondary N) is 1. The fourth-order valence-corrected chi connectivity index (χ4v) is 3.06. The van der Waals surface area contributed by atoms with Gasteiger partial charge in [-0.15, -0.1) is 0 Å². The van der Waals surface area contributed by atoms with Crippen molar-refractivity contribution >= 4 is 10.0 Å². The van der Waals surface area contributed by atoms with Gasteiger partial charge in [0.1, 0.15) is 0 Å². The molecule has 0 radical (unpaired) electrons. The van der Waals surface area contributed by atoms with E-state index in [1.165, 1.54) is 12.7 Å².